The van der Waals surface area contributed by atoms with Crippen LogP contribution >= 0.6 is 11.8 Å². The molecule has 0 aliphatic heterocycles. The van der Waals surface area contributed by atoms with Crippen molar-refractivity contribution in [3.05, 3.63) is 82.6 Å². The van der Waals surface area contributed by atoms with Gasteiger partial charge in [0.2, 0.25) is 17.0 Å². The predicted molar refractivity (Wildman–Crippen MR) is 260 cm³/mol. The summed E-state index contributed by atoms with van der Waals surface area (Å²) < 4.78 is 37.0. The van der Waals surface area contributed by atoms with Gasteiger partial charge < -0.3 is 33.1 Å². The van der Waals surface area contributed by atoms with Crippen molar-refractivity contribution in [2.24, 2.45) is 11.8 Å². The van der Waals surface area contributed by atoms with Gasteiger partial charge in [0.05, 0.1) is 25.4 Å². The van der Waals surface area contributed by atoms with Crippen LogP contribution in [0.25, 0.3) is 22.9 Å². The van der Waals surface area contributed by atoms with E-state index in [2.05, 4.69) is 42.9 Å². The van der Waals surface area contributed by atoms with Crippen molar-refractivity contribution in [3.63, 3.8) is 0 Å². The fourth-order valence-electron chi connectivity index (χ4n) is 8.65. The van der Waals surface area contributed by atoms with Gasteiger partial charge in [0, 0.05) is 23.5 Å². The monoisotopic (exact) mass is 934 g/mol. The second-order valence-electron chi connectivity index (χ2n) is 18.2. The molecule has 2 N–H and O–H groups in total. The van der Waals surface area contributed by atoms with E-state index in [1.807, 2.05) is 57.2 Å². The van der Waals surface area contributed by atoms with Gasteiger partial charge in [0.15, 0.2) is 0 Å². The Kier molecular flexibility index (Phi) is 22.0. The summed E-state index contributed by atoms with van der Waals surface area (Å²) in [6.07, 6.45) is 15.7. The lowest BCUT2D eigenvalue weighted by atomic mass is 9.88. The molecule has 7 atom stereocenters. The SMILES string of the molecule is CCCCCC(C(=O)O)[S+]([O-])CC1CCCC(OCc2nc(-c3ccc(C)cc3)oc2C)C1.CCCCCC(SCC1CCCC(OCc2nc(-c3ccc(C)cc3)oc2C)C1)C(=O)O. The molecule has 65 heavy (non-hydrogen) atoms. The topological polar surface area (TPSA) is 168 Å². The highest BCUT2D eigenvalue weighted by atomic mass is 32.2. The molecule has 0 saturated heterocycles. The molecule has 7 unspecified atom stereocenters. The fourth-order valence-corrected chi connectivity index (χ4v) is 11.6. The Morgan fingerprint density at radius 3 is 1.66 bits per heavy atom. The Balaban J connectivity index is 0.000000244. The van der Waals surface area contributed by atoms with Gasteiger partial charge in [0.1, 0.15) is 33.9 Å². The van der Waals surface area contributed by atoms with Gasteiger partial charge >= 0.3 is 11.9 Å². The first kappa shape index (κ1) is 52.4. The molecule has 2 fully saturated rings. The third kappa shape index (κ3) is 17.2. The van der Waals surface area contributed by atoms with Crippen LogP contribution in [0.4, 0.5) is 0 Å². The Morgan fingerprint density at radius 1 is 0.708 bits per heavy atom. The summed E-state index contributed by atoms with van der Waals surface area (Å²) in [7, 11) is 0. The maximum Gasteiger partial charge on any atom is 0.357 e. The van der Waals surface area contributed by atoms with Crippen LogP contribution in [0.5, 0.6) is 0 Å². The van der Waals surface area contributed by atoms with Crippen molar-refractivity contribution < 1.29 is 42.7 Å². The zero-order valence-corrected chi connectivity index (χ0v) is 41.3. The van der Waals surface area contributed by atoms with Gasteiger partial charge in [0.25, 0.3) is 0 Å². The van der Waals surface area contributed by atoms with Crippen LogP contribution in [0, 0.1) is 39.5 Å². The highest BCUT2D eigenvalue weighted by Crippen LogP contribution is 2.34. The fraction of sp³-hybridized carbons (Fsp3) is 0.615. The zero-order valence-electron chi connectivity index (χ0n) is 39.7. The van der Waals surface area contributed by atoms with E-state index in [1.165, 1.54) is 11.1 Å². The minimum absolute atomic E-state index is 0.0723. The molecule has 2 saturated carbocycles. The van der Waals surface area contributed by atoms with E-state index in [0.717, 1.165) is 136 Å². The molecule has 2 heterocycles. The molecule has 6 rings (SSSR count). The van der Waals surface area contributed by atoms with E-state index in [4.69, 9.17) is 18.3 Å². The molecule has 0 spiro atoms. The van der Waals surface area contributed by atoms with Crippen molar-refractivity contribution in [2.45, 2.75) is 180 Å². The van der Waals surface area contributed by atoms with Crippen molar-refractivity contribution in [1.29, 1.82) is 0 Å². The normalized spacial score (nSPS) is 20.1. The lowest BCUT2D eigenvalue weighted by Gasteiger charge is -2.30. The molecular weight excluding hydrogens is 861 g/mol. The van der Waals surface area contributed by atoms with E-state index in [1.54, 1.807) is 11.8 Å². The number of carboxylic acids is 2. The van der Waals surface area contributed by atoms with Crippen molar-refractivity contribution in [3.8, 4) is 22.9 Å². The molecule has 13 heteroatoms. The van der Waals surface area contributed by atoms with E-state index in [9.17, 15) is 24.4 Å². The van der Waals surface area contributed by atoms with Gasteiger partial charge in [-0.15, -0.1) is 11.8 Å². The minimum atomic E-state index is -1.35. The first-order chi connectivity index (χ1) is 31.3. The third-order valence-electron chi connectivity index (χ3n) is 12.7. The molecule has 2 aromatic heterocycles. The molecule has 11 nitrogen and oxygen atoms in total. The number of rotatable bonds is 24. The molecule has 2 aromatic carbocycles. The molecule has 358 valence electrons. The van der Waals surface area contributed by atoms with Crippen molar-refractivity contribution in [2.75, 3.05) is 11.5 Å². The number of hydrogen-bond acceptors (Lipinski definition) is 10. The summed E-state index contributed by atoms with van der Waals surface area (Å²) in [6.45, 7) is 13.0. The number of unbranched alkanes of at least 4 members (excludes halogenated alkanes) is 4. The summed E-state index contributed by atoms with van der Waals surface area (Å²) in [5, 5.41) is 18.0. The van der Waals surface area contributed by atoms with Crippen LogP contribution < -0.4 is 0 Å². The number of carbonyl (C=O) groups is 2. The standard InChI is InChI=1S/C26H37NO5S.C26H37NO4S/c1-4-5-6-10-24(26(28)29)33(30)17-20-8-7-9-22(15-20)31-16-23-19(3)32-25(27-23)21-13-11-18(2)12-14-21;1-4-5-6-10-24(26(28)29)32-17-20-8-7-9-22(15-20)30-16-23-19(3)31-25(27-23)21-13-11-18(2)12-14-21/h11-14,20,22,24H,4-10,15-17H2,1-3H3,(H,28,29);11-14,20,22,24H,4-10,15-17H2,1-3H3,(H,28,29). The number of aliphatic carboxylic acids is 2. The summed E-state index contributed by atoms with van der Waals surface area (Å²) in [5.41, 5.74) is 5.99. The molecule has 2 aliphatic carbocycles. The van der Waals surface area contributed by atoms with Crippen LogP contribution in [-0.4, -0.2) is 70.9 Å². The molecule has 0 amide bonds. The molecular formula is C52H74N2O9S2. The highest BCUT2D eigenvalue weighted by molar-refractivity contribution is 8.00. The first-order valence-corrected chi connectivity index (χ1v) is 26.5. The quantitative estimate of drug-likeness (QED) is 0.0505. The Hall–Kier alpha value is -3.62. The zero-order chi connectivity index (χ0) is 46.7. The number of hydrogen-bond donors (Lipinski definition) is 2. The van der Waals surface area contributed by atoms with Gasteiger partial charge in [-0.25, -0.2) is 14.8 Å². The van der Waals surface area contributed by atoms with Crippen molar-refractivity contribution in [1.82, 2.24) is 9.97 Å². The number of benzene rings is 2. The Labute approximate surface area is 394 Å². The van der Waals surface area contributed by atoms with E-state index in [-0.39, 0.29) is 23.4 Å². The van der Waals surface area contributed by atoms with Crippen LogP contribution in [-0.2, 0) is 43.5 Å². The second-order valence-corrected chi connectivity index (χ2v) is 21.1. The van der Waals surface area contributed by atoms with Crippen LogP contribution in [0.1, 0.15) is 151 Å². The number of ether oxygens (including phenoxy) is 2. The first-order valence-electron chi connectivity index (χ1n) is 24.1. The van der Waals surface area contributed by atoms with E-state index < -0.39 is 28.4 Å². The number of thioether (sulfide) groups is 1. The van der Waals surface area contributed by atoms with Gasteiger partial charge in [-0.2, -0.15) is 0 Å². The summed E-state index contributed by atoms with van der Waals surface area (Å²) in [4.78, 5) is 32.5. The highest BCUT2D eigenvalue weighted by Gasteiger charge is 2.34. The smallest absolute Gasteiger partial charge is 0.357 e. The van der Waals surface area contributed by atoms with E-state index in [0.29, 0.717) is 43.1 Å². The van der Waals surface area contributed by atoms with E-state index >= 15 is 0 Å². The largest absolute Gasteiger partial charge is 0.616 e. The van der Waals surface area contributed by atoms with Crippen LogP contribution in [0.15, 0.2) is 57.4 Å². The average molecular weight is 935 g/mol. The molecule has 0 bridgehead atoms. The molecule has 4 aromatic rings. The summed E-state index contributed by atoms with van der Waals surface area (Å²) in [6, 6.07) is 16.3. The average Bonchev–Trinajstić information content (AvgIpc) is 3.86. The van der Waals surface area contributed by atoms with Gasteiger partial charge in [-0.05, 0) is 126 Å². The summed E-state index contributed by atoms with van der Waals surface area (Å²) >= 11 is 0.275. The third-order valence-corrected chi connectivity index (χ3v) is 16.1. The maximum absolute atomic E-state index is 12.8. The lowest BCUT2D eigenvalue weighted by molar-refractivity contribution is -0.137. The number of nitrogens with zero attached hydrogens (tertiary/aromatic N) is 2. The number of aromatic nitrogens is 2. The molecule has 2 aliphatic rings. The summed E-state index contributed by atoms with van der Waals surface area (Å²) in [5.74, 6) is 3.32. The van der Waals surface area contributed by atoms with Gasteiger partial charge in [-0.3, -0.25) is 4.79 Å². The minimum Gasteiger partial charge on any atom is -0.616 e. The number of aryl methyl sites for hydroxylation is 4. The Morgan fingerprint density at radius 2 is 1.18 bits per heavy atom. The second kappa shape index (κ2) is 27.3. The van der Waals surface area contributed by atoms with Crippen LogP contribution in [0.2, 0.25) is 0 Å². The van der Waals surface area contributed by atoms with Gasteiger partial charge in [-0.1, -0.05) is 94.2 Å². The predicted octanol–water partition coefficient (Wildman–Crippen LogP) is 12.6. The lowest BCUT2D eigenvalue weighted by Crippen LogP contribution is -2.36. The van der Waals surface area contributed by atoms with Crippen LogP contribution in [0.3, 0.4) is 0 Å². The van der Waals surface area contributed by atoms with Crippen molar-refractivity contribution >= 4 is 34.9 Å². The number of carboxylic acid groups (broad SMARTS) is 2. The number of oxazole rings is 2. The maximum atomic E-state index is 12.8. The molecule has 0 radical (unpaired) electrons. The Bertz CT molecular complexity index is 2020.